The van der Waals surface area contributed by atoms with Crippen molar-refractivity contribution in [2.45, 2.75) is 83.5 Å². The van der Waals surface area contributed by atoms with Crippen LogP contribution < -0.4 is 15.3 Å². The average molecular weight is 756 g/mol. The quantitative estimate of drug-likeness (QED) is 0.136. The number of anilines is 1. The van der Waals surface area contributed by atoms with Gasteiger partial charge >= 0.3 is 25.7 Å². The van der Waals surface area contributed by atoms with Gasteiger partial charge in [0.05, 0.1) is 17.5 Å². The first-order valence-corrected chi connectivity index (χ1v) is 18.9. The Morgan fingerprint density at radius 2 is 1.68 bits per heavy atom. The molecule has 2 aliphatic heterocycles. The number of para-hydroxylation sites is 1. The maximum absolute atomic E-state index is 14.6. The number of benzene rings is 1. The molecule has 2 fully saturated rings. The second-order valence-electron chi connectivity index (χ2n) is 13.8. The highest BCUT2D eigenvalue weighted by atomic mass is 31.2. The molecule has 4 heterocycles. The first-order valence-electron chi connectivity index (χ1n) is 17.4. The molecule has 2 aliphatic rings. The van der Waals surface area contributed by atoms with Crippen LogP contribution in [0.2, 0.25) is 0 Å². The van der Waals surface area contributed by atoms with Crippen LogP contribution in [0.15, 0.2) is 48.8 Å². The van der Waals surface area contributed by atoms with Crippen molar-refractivity contribution in [3.63, 3.8) is 0 Å². The maximum atomic E-state index is 14.6. The largest absolute Gasteiger partial charge is 0.461 e. The molecule has 0 saturated carbocycles. The van der Waals surface area contributed by atoms with Gasteiger partial charge in [0.15, 0.2) is 18.0 Å². The lowest BCUT2D eigenvalue weighted by molar-refractivity contribution is -0.173. The fourth-order valence-corrected chi connectivity index (χ4v) is 7.33. The van der Waals surface area contributed by atoms with E-state index in [9.17, 15) is 24.2 Å². The molecule has 17 nitrogen and oxygen atoms in total. The lowest BCUT2D eigenvalue weighted by Crippen LogP contribution is -2.50. The molecule has 18 heteroatoms. The molecule has 0 aliphatic carbocycles. The topological polar surface area (TPSA) is 219 Å². The van der Waals surface area contributed by atoms with E-state index in [4.69, 9.17) is 33.7 Å². The summed E-state index contributed by atoms with van der Waals surface area (Å²) in [5, 5.41) is 17.8. The standard InChI is InChI=1S/C35H46N7O10P/c1-21(2)32(43)49-29-28(26-12-13-27-31(37)38-20-39-42(26)27)51-35(18-36,30(29)50-33(44)22(3)4)19-47-53(46,52-25-10-8-7-9-11-25)40-23(5)34(45)48-24-14-16-41(6)17-15-24/h7-13,20-24,28-30H,14-17,19H2,1-6H3,(H,40,46)(H2,37,38,39)/t23?,28-,29-,30-,35+,53?/m0/s1. The molecule has 0 radical (unpaired) electrons. The van der Waals surface area contributed by atoms with Gasteiger partial charge < -0.3 is 34.1 Å². The molecule has 5 rings (SSSR count). The number of nitriles is 1. The van der Waals surface area contributed by atoms with Crippen LogP contribution in [0.25, 0.3) is 5.52 Å². The summed E-state index contributed by atoms with van der Waals surface area (Å²) in [5.41, 5.74) is 4.50. The zero-order valence-corrected chi connectivity index (χ0v) is 31.4. The Balaban J connectivity index is 1.51. The summed E-state index contributed by atoms with van der Waals surface area (Å²) in [7, 11) is -2.59. The van der Waals surface area contributed by atoms with Crippen LogP contribution in [0.1, 0.15) is 59.3 Å². The van der Waals surface area contributed by atoms with E-state index in [1.54, 1.807) is 58.0 Å². The monoisotopic (exact) mass is 755 g/mol. The van der Waals surface area contributed by atoms with Crippen molar-refractivity contribution >= 4 is 37.0 Å². The van der Waals surface area contributed by atoms with Crippen molar-refractivity contribution in [3.8, 4) is 11.8 Å². The molecule has 6 atom stereocenters. The molecule has 3 aromatic rings. The summed E-state index contributed by atoms with van der Waals surface area (Å²) in [6.07, 6.45) is -2.14. The molecule has 2 aromatic heterocycles. The number of esters is 3. The summed E-state index contributed by atoms with van der Waals surface area (Å²) >= 11 is 0. The Labute approximate surface area is 307 Å². The van der Waals surface area contributed by atoms with E-state index in [-0.39, 0.29) is 23.4 Å². The van der Waals surface area contributed by atoms with E-state index in [0.717, 1.165) is 13.1 Å². The molecule has 2 unspecified atom stereocenters. The lowest BCUT2D eigenvalue weighted by atomic mass is 9.95. The molecular formula is C35H46N7O10P. The predicted molar refractivity (Wildman–Crippen MR) is 189 cm³/mol. The van der Waals surface area contributed by atoms with Crippen molar-refractivity contribution in [3.05, 3.63) is 54.5 Å². The van der Waals surface area contributed by atoms with Crippen LogP contribution in [0, 0.1) is 23.2 Å². The normalized spacial score (nSPS) is 24.0. The second kappa shape index (κ2) is 16.6. The number of aromatic nitrogens is 3. The third kappa shape index (κ3) is 9.14. The summed E-state index contributed by atoms with van der Waals surface area (Å²) in [6, 6.07) is 12.1. The van der Waals surface area contributed by atoms with Gasteiger partial charge in [0.25, 0.3) is 0 Å². The van der Waals surface area contributed by atoms with Gasteiger partial charge in [-0.05, 0) is 51.1 Å². The smallest absolute Gasteiger partial charge is 0.459 e. The van der Waals surface area contributed by atoms with Crippen molar-refractivity contribution in [2.24, 2.45) is 11.8 Å². The molecule has 0 bridgehead atoms. The summed E-state index contributed by atoms with van der Waals surface area (Å²) in [5.74, 6) is -3.10. The number of rotatable bonds is 14. The van der Waals surface area contributed by atoms with E-state index >= 15 is 0 Å². The number of nitrogen functional groups attached to an aromatic ring is 1. The first kappa shape index (κ1) is 39.6. The fraction of sp³-hybridized carbons (Fsp3) is 0.543. The van der Waals surface area contributed by atoms with E-state index in [2.05, 4.69) is 20.1 Å². The number of piperidine rings is 1. The van der Waals surface area contributed by atoms with Gasteiger partial charge in [0.2, 0.25) is 5.60 Å². The minimum Gasteiger partial charge on any atom is -0.461 e. The molecular weight excluding hydrogens is 709 g/mol. The number of nitrogens with one attached hydrogen (secondary N) is 1. The third-order valence-corrected chi connectivity index (χ3v) is 10.5. The fourth-order valence-electron chi connectivity index (χ4n) is 5.81. The molecule has 0 amide bonds. The Bertz CT molecular complexity index is 1860. The van der Waals surface area contributed by atoms with Crippen LogP contribution in [-0.4, -0.2) is 94.1 Å². The molecule has 53 heavy (non-hydrogen) atoms. The Morgan fingerprint density at radius 1 is 1.02 bits per heavy atom. The number of nitrogens with zero attached hydrogens (tertiary/aromatic N) is 5. The number of fused-ring (bicyclic) bond motifs is 1. The van der Waals surface area contributed by atoms with E-state index in [1.165, 1.54) is 29.9 Å². The highest BCUT2D eigenvalue weighted by Crippen LogP contribution is 2.50. The van der Waals surface area contributed by atoms with Gasteiger partial charge in [0, 0.05) is 13.1 Å². The Kier molecular flexibility index (Phi) is 12.4. The van der Waals surface area contributed by atoms with Gasteiger partial charge in [-0.2, -0.15) is 15.4 Å². The van der Waals surface area contributed by atoms with Gasteiger partial charge in [-0.3, -0.25) is 18.9 Å². The van der Waals surface area contributed by atoms with Crippen molar-refractivity contribution < 1.29 is 46.9 Å². The molecule has 1 aromatic carbocycles. The van der Waals surface area contributed by atoms with Crippen LogP contribution in [0.3, 0.4) is 0 Å². The molecule has 0 spiro atoms. The number of carbonyl (C=O) groups is 3. The summed E-state index contributed by atoms with van der Waals surface area (Å²) < 4.78 is 51.7. The highest BCUT2D eigenvalue weighted by Gasteiger charge is 2.62. The predicted octanol–water partition coefficient (Wildman–Crippen LogP) is 3.60. The number of hydrogen-bond donors (Lipinski definition) is 2. The van der Waals surface area contributed by atoms with Gasteiger partial charge in [-0.1, -0.05) is 45.9 Å². The van der Waals surface area contributed by atoms with Crippen LogP contribution in [-0.2, 0) is 42.4 Å². The van der Waals surface area contributed by atoms with Crippen LogP contribution in [0.4, 0.5) is 5.82 Å². The first-order chi connectivity index (χ1) is 25.1. The molecule has 3 N–H and O–H groups in total. The van der Waals surface area contributed by atoms with Gasteiger partial charge in [0.1, 0.15) is 48.5 Å². The minimum absolute atomic E-state index is 0.124. The number of hydrogen-bond acceptors (Lipinski definition) is 15. The zero-order chi connectivity index (χ0) is 38.5. The minimum atomic E-state index is -4.57. The highest BCUT2D eigenvalue weighted by molar-refractivity contribution is 7.52. The average Bonchev–Trinajstić information content (AvgIpc) is 3.68. The number of carbonyl (C=O) groups excluding carboxylic acids is 3. The van der Waals surface area contributed by atoms with Crippen molar-refractivity contribution in [1.29, 1.82) is 5.26 Å². The van der Waals surface area contributed by atoms with Crippen molar-refractivity contribution in [1.82, 2.24) is 24.6 Å². The number of ether oxygens (including phenoxy) is 4. The molecule has 286 valence electrons. The lowest BCUT2D eigenvalue weighted by Gasteiger charge is -2.31. The zero-order valence-electron chi connectivity index (χ0n) is 30.5. The number of likely N-dealkylation sites (tertiary alicyclic amines) is 1. The van der Waals surface area contributed by atoms with E-state index < -0.39 is 74.1 Å². The summed E-state index contributed by atoms with van der Waals surface area (Å²) in [6.45, 7) is 8.53. The number of nitrogens with two attached hydrogens (primary N) is 1. The summed E-state index contributed by atoms with van der Waals surface area (Å²) in [4.78, 5) is 45.7. The maximum Gasteiger partial charge on any atom is 0.459 e. The third-order valence-electron chi connectivity index (χ3n) is 8.90. The Morgan fingerprint density at radius 3 is 2.32 bits per heavy atom. The Hall–Kier alpha value is -4.59. The molecule has 2 saturated heterocycles. The second-order valence-corrected chi connectivity index (χ2v) is 15.5. The SMILES string of the molecule is CC(C)C(=O)O[C@H]1[C@H](c2ccc3c(N)ncnn23)O[C@](C#N)(COP(=O)(NC(C)C(=O)OC2CCN(C)CC2)Oc2ccccc2)[C@H]1OC(=O)C(C)C. The van der Waals surface area contributed by atoms with Crippen molar-refractivity contribution in [2.75, 3.05) is 32.5 Å². The van der Waals surface area contributed by atoms with Crippen LogP contribution in [0.5, 0.6) is 5.75 Å². The van der Waals surface area contributed by atoms with E-state index in [1.807, 2.05) is 13.1 Å². The van der Waals surface area contributed by atoms with Gasteiger partial charge in [-0.15, -0.1) is 0 Å². The van der Waals surface area contributed by atoms with E-state index in [0.29, 0.717) is 18.4 Å². The van der Waals surface area contributed by atoms with Crippen LogP contribution >= 0.6 is 7.75 Å². The van der Waals surface area contributed by atoms with Gasteiger partial charge in [-0.25, -0.2) is 14.1 Å².